The van der Waals surface area contributed by atoms with E-state index in [2.05, 4.69) is 40.7 Å². The van der Waals surface area contributed by atoms with E-state index in [1.807, 2.05) is 25.3 Å². The molecule has 0 N–H and O–H groups in total. The molecule has 0 saturated carbocycles. The van der Waals surface area contributed by atoms with E-state index in [0.717, 1.165) is 27.8 Å². The number of aryl methyl sites for hydroxylation is 1. The predicted molar refractivity (Wildman–Crippen MR) is 88.8 cm³/mol. The SMILES string of the molecule is Cc1cnccc1-c1nc(N(C)C(C)C)c2ccncc2n1. The highest BCUT2D eigenvalue weighted by atomic mass is 15.2. The summed E-state index contributed by atoms with van der Waals surface area (Å²) in [5.41, 5.74) is 2.91. The van der Waals surface area contributed by atoms with Gasteiger partial charge in [0.1, 0.15) is 5.82 Å². The molecule has 0 aromatic carbocycles. The molecule has 3 aromatic heterocycles. The lowest BCUT2D eigenvalue weighted by Crippen LogP contribution is -2.27. The molecule has 112 valence electrons. The van der Waals surface area contributed by atoms with Gasteiger partial charge in [-0.25, -0.2) is 9.97 Å². The molecule has 0 aliphatic rings. The van der Waals surface area contributed by atoms with Crippen LogP contribution in [0.5, 0.6) is 0 Å². The minimum atomic E-state index is 0.345. The quantitative estimate of drug-likeness (QED) is 0.742. The lowest BCUT2D eigenvalue weighted by Gasteiger charge is -2.24. The van der Waals surface area contributed by atoms with Crippen molar-refractivity contribution in [2.75, 3.05) is 11.9 Å². The van der Waals surface area contributed by atoms with Crippen molar-refractivity contribution in [3.63, 3.8) is 0 Å². The summed E-state index contributed by atoms with van der Waals surface area (Å²) in [5, 5.41) is 1.02. The minimum Gasteiger partial charge on any atom is -0.357 e. The molecule has 0 aliphatic heterocycles. The van der Waals surface area contributed by atoms with Crippen LogP contribution in [0.1, 0.15) is 19.4 Å². The summed E-state index contributed by atoms with van der Waals surface area (Å²) >= 11 is 0. The Hall–Kier alpha value is -2.56. The van der Waals surface area contributed by atoms with Gasteiger partial charge in [-0.15, -0.1) is 0 Å². The van der Waals surface area contributed by atoms with Crippen LogP contribution in [0, 0.1) is 6.92 Å². The molecule has 5 nitrogen and oxygen atoms in total. The van der Waals surface area contributed by atoms with E-state index in [0.29, 0.717) is 11.9 Å². The van der Waals surface area contributed by atoms with Crippen molar-refractivity contribution in [3.8, 4) is 11.4 Å². The number of aromatic nitrogens is 4. The lowest BCUT2D eigenvalue weighted by molar-refractivity contribution is 0.746. The molecule has 0 bridgehead atoms. The Balaban J connectivity index is 2.28. The van der Waals surface area contributed by atoms with E-state index in [-0.39, 0.29) is 0 Å². The lowest BCUT2D eigenvalue weighted by atomic mass is 10.1. The molecule has 0 atom stereocenters. The summed E-state index contributed by atoms with van der Waals surface area (Å²) in [5.74, 6) is 1.64. The van der Waals surface area contributed by atoms with Gasteiger partial charge >= 0.3 is 0 Å². The zero-order chi connectivity index (χ0) is 15.7. The average Bonchev–Trinajstić information content (AvgIpc) is 2.53. The Morgan fingerprint density at radius 1 is 1.00 bits per heavy atom. The van der Waals surface area contributed by atoms with E-state index >= 15 is 0 Å². The van der Waals surface area contributed by atoms with Gasteiger partial charge in [-0.1, -0.05) is 0 Å². The topological polar surface area (TPSA) is 54.8 Å². The summed E-state index contributed by atoms with van der Waals surface area (Å²) in [6.07, 6.45) is 7.17. The highest BCUT2D eigenvalue weighted by Crippen LogP contribution is 2.28. The fourth-order valence-corrected chi connectivity index (χ4v) is 2.32. The maximum absolute atomic E-state index is 4.81. The molecule has 0 saturated heterocycles. The molecule has 22 heavy (non-hydrogen) atoms. The predicted octanol–water partition coefficient (Wildman–Crippen LogP) is 3.24. The molecule has 3 rings (SSSR count). The molecular weight excluding hydrogens is 274 g/mol. The van der Waals surface area contributed by atoms with Gasteiger partial charge in [-0.05, 0) is 38.5 Å². The highest BCUT2D eigenvalue weighted by Gasteiger charge is 2.15. The molecule has 0 spiro atoms. The number of hydrogen-bond donors (Lipinski definition) is 0. The van der Waals surface area contributed by atoms with Crippen LogP contribution in [0.4, 0.5) is 5.82 Å². The van der Waals surface area contributed by atoms with E-state index in [4.69, 9.17) is 4.98 Å². The van der Waals surface area contributed by atoms with Crippen LogP contribution in [-0.2, 0) is 0 Å². The largest absolute Gasteiger partial charge is 0.357 e. The van der Waals surface area contributed by atoms with Gasteiger partial charge in [-0.2, -0.15) is 0 Å². The average molecular weight is 293 g/mol. The minimum absolute atomic E-state index is 0.345. The first-order valence-electron chi connectivity index (χ1n) is 7.33. The monoisotopic (exact) mass is 293 g/mol. The maximum atomic E-state index is 4.81. The zero-order valence-corrected chi connectivity index (χ0v) is 13.3. The van der Waals surface area contributed by atoms with Crippen molar-refractivity contribution in [3.05, 3.63) is 42.5 Å². The molecular formula is C17H19N5. The van der Waals surface area contributed by atoms with Crippen molar-refractivity contribution >= 4 is 16.7 Å². The number of nitrogens with zero attached hydrogens (tertiary/aromatic N) is 5. The van der Waals surface area contributed by atoms with Gasteiger partial charge in [0.25, 0.3) is 0 Å². The second-order valence-corrected chi connectivity index (χ2v) is 5.66. The molecule has 5 heteroatoms. The first-order valence-corrected chi connectivity index (χ1v) is 7.33. The van der Waals surface area contributed by atoms with Gasteiger partial charge in [0.2, 0.25) is 0 Å². The maximum Gasteiger partial charge on any atom is 0.162 e. The second kappa shape index (κ2) is 5.67. The van der Waals surface area contributed by atoms with Crippen molar-refractivity contribution < 1.29 is 0 Å². The van der Waals surface area contributed by atoms with E-state index in [1.165, 1.54) is 0 Å². The van der Waals surface area contributed by atoms with Gasteiger partial charge in [0.15, 0.2) is 5.82 Å². The van der Waals surface area contributed by atoms with E-state index in [1.54, 1.807) is 18.6 Å². The second-order valence-electron chi connectivity index (χ2n) is 5.66. The molecule has 0 fully saturated rings. The van der Waals surface area contributed by atoms with Crippen LogP contribution >= 0.6 is 0 Å². The molecule has 3 heterocycles. The Morgan fingerprint density at radius 3 is 2.45 bits per heavy atom. The zero-order valence-electron chi connectivity index (χ0n) is 13.3. The standard InChI is InChI=1S/C17H19N5/c1-11(2)22(4)17-14-6-8-19-10-15(14)20-16(21-17)13-5-7-18-9-12(13)3/h5-11H,1-4H3. The van der Waals surface area contributed by atoms with Gasteiger partial charge in [0.05, 0.1) is 11.7 Å². The Kier molecular flexibility index (Phi) is 3.71. The molecule has 0 amide bonds. The third-order valence-electron chi connectivity index (χ3n) is 3.85. The van der Waals surface area contributed by atoms with Gasteiger partial charge in [0, 0.05) is 42.6 Å². The Labute approximate surface area is 130 Å². The van der Waals surface area contributed by atoms with Crippen molar-refractivity contribution in [1.29, 1.82) is 0 Å². The molecule has 3 aromatic rings. The van der Waals surface area contributed by atoms with Crippen LogP contribution in [0.2, 0.25) is 0 Å². The normalized spacial score (nSPS) is 11.1. The van der Waals surface area contributed by atoms with Crippen LogP contribution in [0.25, 0.3) is 22.3 Å². The third-order valence-corrected chi connectivity index (χ3v) is 3.85. The first kappa shape index (κ1) is 14.4. The summed E-state index contributed by atoms with van der Waals surface area (Å²) in [6.45, 7) is 6.31. The number of pyridine rings is 2. The van der Waals surface area contributed by atoms with Gasteiger partial charge in [-0.3, -0.25) is 9.97 Å². The number of fused-ring (bicyclic) bond motifs is 1. The number of anilines is 1. The summed E-state index contributed by atoms with van der Waals surface area (Å²) < 4.78 is 0. The van der Waals surface area contributed by atoms with Crippen LogP contribution < -0.4 is 4.90 Å². The van der Waals surface area contributed by atoms with Crippen molar-refractivity contribution in [2.24, 2.45) is 0 Å². The first-order chi connectivity index (χ1) is 10.6. The highest BCUT2D eigenvalue weighted by molar-refractivity contribution is 5.90. The van der Waals surface area contributed by atoms with Crippen LogP contribution in [-0.4, -0.2) is 33.0 Å². The smallest absolute Gasteiger partial charge is 0.162 e. The molecule has 0 unspecified atom stereocenters. The van der Waals surface area contributed by atoms with Gasteiger partial charge < -0.3 is 4.90 Å². The fraction of sp³-hybridized carbons (Fsp3) is 0.294. The van der Waals surface area contributed by atoms with Crippen molar-refractivity contribution in [1.82, 2.24) is 19.9 Å². The number of rotatable bonds is 3. The van der Waals surface area contributed by atoms with Crippen molar-refractivity contribution in [2.45, 2.75) is 26.8 Å². The summed E-state index contributed by atoms with van der Waals surface area (Å²) in [7, 11) is 2.05. The summed E-state index contributed by atoms with van der Waals surface area (Å²) in [4.78, 5) is 20.0. The fourth-order valence-electron chi connectivity index (χ4n) is 2.32. The summed E-state index contributed by atoms with van der Waals surface area (Å²) in [6, 6.07) is 4.26. The van der Waals surface area contributed by atoms with Crippen LogP contribution in [0.3, 0.4) is 0 Å². The Morgan fingerprint density at radius 2 is 1.73 bits per heavy atom. The van der Waals surface area contributed by atoms with E-state index < -0.39 is 0 Å². The Bertz CT molecular complexity index is 813. The third kappa shape index (κ3) is 2.50. The van der Waals surface area contributed by atoms with Crippen LogP contribution in [0.15, 0.2) is 36.9 Å². The number of hydrogen-bond acceptors (Lipinski definition) is 5. The van der Waals surface area contributed by atoms with E-state index in [9.17, 15) is 0 Å². The molecule has 0 radical (unpaired) electrons. The molecule has 0 aliphatic carbocycles.